The van der Waals surface area contributed by atoms with E-state index in [0.717, 1.165) is 5.56 Å². The first kappa shape index (κ1) is 17.0. The molecule has 0 radical (unpaired) electrons. The molecule has 1 atom stereocenters. The van der Waals surface area contributed by atoms with E-state index in [1.54, 1.807) is 24.1 Å². The largest absolute Gasteiger partial charge is 0.478 e. The van der Waals surface area contributed by atoms with Crippen LogP contribution >= 0.6 is 0 Å². The molecule has 6 heteroatoms. The Balaban J connectivity index is 2.56. The van der Waals surface area contributed by atoms with E-state index in [1.807, 2.05) is 13.8 Å². The molecular formula is C15H22N2O4. The Kier molecular flexibility index (Phi) is 6.68. The molecule has 0 aromatic heterocycles. The smallest absolute Gasteiger partial charge is 0.335 e. The van der Waals surface area contributed by atoms with Crippen molar-refractivity contribution < 1.29 is 19.4 Å². The van der Waals surface area contributed by atoms with Crippen LogP contribution in [0.1, 0.15) is 29.8 Å². The van der Waals surface area contributed by atoms with Gasteiger partial charge in [-0.25, -0.2) is 9.59 Å². The molecule has 1 aromatic carbocycles. The summed E-state index contributed by atoms with van der Waals surface area (Å²) < 4.78 is 5.06. The van der Waals surface area contributed by atoms with Crippen LogP contribution in [0.4, 0.5) is 4.79 Å². The fraction of sp³-hybridized carbons (Fsp3) is 0.467. The first-order valence-corrected chi connectivity index (χ1v) is 6.85. The van der Waals surface area contributed by atoms with Gasteiger partial charge in [0.05, 0.1) is 18.2 Å². The van der Waals surface area contributed by atoms with Gasteiger partial charge < -0.3 is 20.1 Å². The SMILES string of the molecule is CCN(C(=O)NCc1ccc(C(=O)O)cc1)C(C)COC. The maximum Gasteiger partial charge on any atom is 0.335 e. The number of carbonyl (C=O) groups is 2. The van der Waals surface area contributed by atoms with Gasteiger partial charge in [-0.05, 0) is 31.5 Å². The predicted octanol–water partition coefficient (Wildman–Crippen LogP) is 1.95. The molecule has 0 spiro atoms. The molecule has 0 aliphatic carbocycles. The first-order chi connectivity index (χ1) is 9.99. The van der Waals surface area contributed by atoms with Gasteiger partial charge in [-0.3, -0.25) is 0 Å². The molecule has 0 heterocycles. The lowest BCUT2D eigenvalue weighted by molar-refractivity contribution is 0.0697. The fourth-order valence-corrected chi connectivity index (χ4v) is 2.03. The molecular weight excluding hydrogens is 272 g/mol. The van der Waals surface area contributed by atoms with Crippen LogP contribution in [0.25, 0.3) is 0 Å². The van der Waals surface area contributed by atoms with Gasteiger partial charge in [0.2, 0.25) is 0 Å². The summed E-state index contributed by atoms with van der Waals surface area (Å²) in [6, 6.07) is 6.26. The second-order valence-corrected chi connectivity index (χ2v) is 4.75. The number of hydrogen-bond acceptors (Lipinski definition) is 3. The van der Waals surface area contributed by atoms with E-state index in [4.69, 9.17) is 9.84 Å². The van der Waals surface area contributed by atoms with Crippen molar-refractivity contribution in [3.05, 3.63) is 35.4 Å². The van der Waals surface area contributed by atoms with Crippen LogP contribution in [0.3, 0.4) is 0 Å². The second-order valence-electron chi connectivity index (χ2n) is 4.75. The van der Waals surface area contributed by atoms with Gasteiger partial charge in [0, 0.05) is 20.2 Å². The van der Waals surface area contributed by atoms with Crippen molar-refractivity contribution >= 4 is 12.0 Å². The molecule has 6 nitrogen and oxygen atoms in total. The van der Waals surface area contributed by atoms with Crippen LogP contribution in [0, 0.1) is 0 Å². The van der Waals surface area contributed by atoms with Crippen molar-refractivity contribution in [2.45, 2.75) is 26.4 Å². The zero-order chi connectivity index (χ0) is 15.8. The number of carboxylic acids is 1. The van der Waals surface area contributed by atoms with E-state index in [2.05, 4.69) is 5.32 Å². The average molecular weight is 294 g/mol. The topological polar surface area (TPSA) is 78.9 Å². The minimum atomic E-state index is -0.962. The van der Waals surface area contributed by atoms with Gasteiger partial charge in [-0.1, -0.05) is 12.1 Å². The quantitative estimate of drug-likeness (QED) is 0.805. The van der Waals surface area contributed by atoms with Gasteiger partial charge in [0.1, 0.15) is 0 Å². The van der Waals surface area contributed by atoms with E-state index < -0.39 is 5.97 Å². The van der Waals surface area contributed by atoms with Crippen molar-refractivity contribution in [1.82, 2.24) is 10.2 Å². The number of rotatable bonds is 7. The minimum Gasteiger partial charge on any atom is -0.478 e. The van der Waals surface area contributed by atoms with Crippen LogP contribution in [-0.2, 0) is 11.3 Å². The number of nitrogens with zero attached hydrogens (tertiary/aromatic N) is 1. The van der Waals surface area contributed by atoms with Crippen molar-refractivity contribution in [2.24, 2.45) is 0 Å². The van der Waals surface area contributed by atoms with Gasteiger partial charge in [0.25, 0.3) is 0 Å². The molecule has 1 rings (SSSR count). The maximum absolute atomic E-state index is 12.1. The number of hydrogen-bond donors (Lipinski definition) is 2. The Morgan fingerprint density at radius 1 is 1.33 bits per heavy atom. The van der Waals surface area contributed by atoms with Crippen molar-refractivity contribution in [3.8, 4) is 0 Å². The first-order valence-electron chi connectivity index (χ1n) is 6.85. The molecule has 0 aliphatic rings. The number of carboxylic acid groups (broad SMARTS) is 1. The van der Waals surface area contributed by atoms with Gasteiger partial charge in [-0.2, -0.15) is 0 Å². The monoisotopic (exact) mass is 294 g/mol. The molecule has 116 valence electrons. The lowest BCUT2D eigenvalue weighted by Gasteiger charge is -2.27. The minimum absolute atomic E-state index is 0.00520. The highest BCUT2D eigenvalue weighted by Gasteiger charge is 2.17. The lowest BCUT2D eigenvalue weighted by Crippen LogP contribution is -2.46. The number of carbonyl (C=O) groups excluding carboxylic acids is 1. The number of methoxy groups -OCH3 is 1. The van der Waals surface area contributed by atoms with Crippen LogP contribution in [0.5, 0.6) is 0 Å². The molecule has 0 saturated heterocycles. The van der Waals surface area contributed by atoms with Crippen LogP contribution in [0.15, 0.2) is 24.3 Å². The van der Waals surface area contributed by atoms with Gasteiger partial charge in [0.15, 0.2) is 0 Å². The van der Waals surface area contributed by atoms with Crippen molar-refractivity contribution in [2.75, 3.05) is 20.3 Å². The average Bonchev–Trinajstić information content (AvgIpc) is 2.46. The van der Waals surface area contributed by atoms with Crippen molar-refractivity contribution in [3.63, 3.8) is 0 Å². The predicted molar refractivity (Wildman–Crippen MR) is 79.4 cm³/mol. The summed E-state index contributed by atoms with van der Waals surface area (Å²) in [5.41, 5.74) is 1.08. The third-order valence-corrected chi connectivity index (χ3v) is 3.19. The third kappa shape index (κ3) is 5.07. The molecule has 2 N–H and O–H groups in total. The number of likely N-dealkylation sites (N-methyl/N-ethyl adjacent to an activating group) is 1. The normalized spacial score (nSPS) is 11.8. The highest BCUT2D eigenvalue weighted by molar-refractivity contribution is 5.87. The number of amides is 2. The molecule has 0 fully saturated rings. The Hall–Kier alpha value is -2.08. The van der Waals surface area contributed by atoms with Gasteiger partial charge >= 0.3 is 12.0 Å². The maximum atomic E-state index is 12.1. The molecule has 1 aromatic rings. The molecule has 2 amide bonds. The van der Waals surface area contributed by atoms with Crippen LogP contribution < -0.4 is 5.32 Å². The number of aromatic carboxylic acids is 1. The fourth-order valence-electron chi connectivity index (χ4n) is 2.03. The molecule has 0 aliphatic heterocycles. The van der Waals surface area contributed by atoms with E-state index in [9.17, 15) is 9.59 Å². The summed E-state index contributed by atoms with van der Waals surface area (Å²) in [7, 11) is 1.60. The Bertz CT molecular complexity index is 473. The highest BCUT2D eigenvalue weighted by Crippen LogP contribution is 2.05. The number of ether oxygens (including phenoxy) is 1. The summed E-state index contributed by atoms with van der Waals surface area (Å²) >= 11 is 0. The molecule has 21 heavy (non-hydrogen) atoms. The number of nitrogens with one attached hydrogen (secondary N) is 1. The summed E-state index contributed by atoms with van der Waals surface area (Å²) in [5.74, 6) is -0.962. The third-order valence-electron chi connectivity index (χ3n) is 3.19. The Morgan fingerprint density at radius 2 is 1.95 bits per heavy atom. The molecule has 0 saturated carbocycles. The zero-order valence-electron chi connectivity index (χ0n) is 12.6. The highest BCUT2D eigenvalue weighted by atomic mass is 16.5. The van der Waals surface area contributed by atoms with E-state index >= 15 is 0 Å². The summed E-state index contributed by atoms with van der Waals surface area (Å²) in [6.45, 7) is 5.26. The van der Waals surface area contributed by atoms with E-state index in [-0.39, 0.29) is 17.6 Å². The number of benzene rings is 1. The van der Waals surface area contributed by atoms with Crippen LogP contribution in [0.2, 0.25) is 0 Å². The Labute approximate surface area is 124 Å². The molecule has 0 bridgehead atoms. The summed E-state index contributed by atoms with van der Waals surface area (Å²) in [6.07, 6.45) is 0. The summed E-state index contributed by atoms with van der Waals surface area (Å²) in [4.78, 5) is 24.5. The second kappa shape index (κ2) is 8.26. The lowest BCUT2D eigenvalue weighted by atomic mass is 10.1. The Morgan fingerprint density at radius 3 is 2.43 bits per heavy atom. The standard InChI is InChI=1S/C15H22N2O4/c1-4-17(11(2)10-21-3)15(20)16-9-12-5-7-13(8-6-12)14(18)19/h5-8,11H,4,9-10H2,1-3H3,(H,16,20)(H,18,19). The zero-order valence-corrected chi connectivity index (χ0v) is 12.6. The van der Waals surface area contributed by atoms with Gasteiger partial charge in [-0.15, -0.1) is 0 Å². The van der Waals surface area contributed by atoms with Crippen molar-refractivity contribution in [1.29, 1.82) is 0 Å². The van der Waals surface area contributed by atoms with E-state index in [0.29, 0.717) is 19.7 Å². The summed E-state index contributed by atoms with van der Waals surface area (Å²) in [5, 5.41) is 11.6. The molecule has 1 unspecified atom stereocenters. The van der Waals surface area contributed by atoms with Crippen LogP contribution in [-0.4, -0.2) is 48.3 Å². The number of urea groups is 1. The van der Waals surface area contributed by atoms with E-state index in [1.165, 1.54) is 12.1 Å².